The fourth-order valence-electron chi connectivity index (χ4n) is 1.94. The number of halogens is 1. The van der Waals surface area contributed by atoms with Gasteiger partial charge in [0, 0.05) is 32.6 Å². The van der Waals surface area contributed by atoms with Gasteiger partial charge in [0.1, 0.15) is 5.82 Å². The minimum atomic E-state index is -0.363. The molecule has 7 heteroatoms. The fraction of sp³-hybridized carbons (Fsp3) is 0.235. The van der Waals surface area contributed by atoms with E-state index in [1.807, 2.05) is 0 Å². The molecule has 2 aromatic rings. The molecule has 0 saturated heterocycles. The SMILES string of the molecule is COCCNC(=O)c1cncc(C(=O)NCc2ccc(F)cc2)c1. The Morgan fingerprint density at radius 1 is 1.08 bits per heavy atom. The number of carbonyl (C=O) groups is 2. The van der Waals surface area contributed by atoms with Crippen molar-refractivity contribution in [1.82, 2.24) is 15.6 Å². The van der Waals surface area contributed by atoms with Crippen molar-refractivity contribution in [3.8, 4) is 0 Å². The zero-order valence-corrected chi connectivity index (χ0v) is 13.2. The summed E-state index contributed by atoms with van der Waals surface area (Å²) < 4.78 is 17.7. The first-order chi connectivity index (χ1) is 11.6. The van der Waals surface area contributed by atoms with Crippen LogP contribution >= 0.6 is 0 Å². The maximum Gasteiger partial charge on any atom is 0.253 e. The molecule has 0 unspecified atom stereocenters. The number of hydrogen-bond acceptors (Lipinski definition) is 4. The molecular formula is C17H18FN3O3. The van der Waals surface area contributed by atoms with Crippen LogP contribution in [0.1, 0.15) is 26.3 Å². The average Bonchev–Trinajstić information content (AvgIpc) is 2.61. The molecule has 1 aromatic heterocycles. The summed E-state index contributed by atoms with van der Waals surface area (Å²) in [5.74, 6) is -1.02. The van der Waals surface area contributed by atoms with Gasteiger partial charge >= 0.3 is 0 Å². The summed E-state index contributed by atoms with van der Waals surface area (Å²) >= 11 is 0. The number of nitrogens with zero attached hydrogens (tertiary/aromatic N) is 1. The van der Waals surface area contributed by atoms with E-state index in [2.05, 4.69) is 15.6 Å². The Morgan fingerprint density at radius 2 is 1.71 bits per heavy atom. The third kappa shape index (κ3) is 5.13. The van der Waals surface area contributed by atoms with Gasteiger partial charge in [-0.1, -0.05) is 12.1 Å². The molecule has 0 bridgehead atoms. The van der Waals surface area contributed by atoms with Gasteiger partial charge in [0.15, 0.2) is 0 Å². The molecule has 0 saturated carbocycles. The third-order valence-electron chi connectivity index (χ3n) is 3.22. The van der Waals surface area contributed by atoms with Crippen LogP contribution in [-0.4, -0.2) is 37.1 Å². The summed E-state index contributed by atoms with van der Waals surface area (Å²) in [6.07, 6.45) is 2.77. The summed E-state index contributed by atoms with van der Waals surface area (Å²) in [5, 5.41) is 5.36. The third-order valence-corrected chi connectivity index (χ3v) is 3.22. The fourth-order valence-corrected chi connectivity index (χ4v) is 1.94. The molecule has 0 aliphatic carbocycles. The maximum absolute atomic E-state index is 12.8. The predicted octanol–water partition coefficient (Wildman–Crippen LogP) is 1.53. The number of pyridine rings is 1. The number of methoxy groups -OCH3 is 1. The normalized spacial score (nSPS) is 10.2. The Kier molecular flexibility index (Phi) is 6.39. The Bertz CT molecular complexity index is 704. The van der Waals surface area contributed by atoms with Gasteiger partial charge < -0.3 is 15.4 Å². The van der Waals surface area contributed by atoms with E-state index in [9.17, 15) is 14.0 Å². The van der Waals surface area contributed by atoms with Crippen molar-refractivity contribution >= 4 is 11.8 Å². The molecule has 6 nitrogen and oxygen atoms in total. The number of ether oxygens (including phenoxy) is 1. The standard InChI is InChI=1S/C17H18FN3O3/c1-24-7-6-20-16(22)13-8-14(11-19-10-13)17(23)21-9-12-2-4-15(18)5-3-12/h2-5,8,10-11H,6-7,9H2,1H3,(H,20,22)(H,21,23). The van der Waals surface area contributed by atoms with Crippen molar-refractivity contribution in [3.05, 3.63) is 65.2 Å². The highest BCUT2D eigenvalue weighted by atomic mass is 19.1. The van der Waals surface area contributed by atoms with Gasteiger partial charge in [-0.05, 0) is 23.8 Å². The average molecular weight is 331 g/mol. The summed E-state index contributed by atoms with van der Waals surface area (Å²) in [6, 6.07) is 7.30. The van der Waals surface area contributed by atoms with Crippen LogP contribution in [0.5, 0.6) is 0 Å². The molecule has 2 N–H and O–H groups in total. The van der Waals surface area contributed by atoms with Gasteiger partial charge in [0.25, 0.3) is 11.8 Å². The minimum absolute atomic E-state index is 0.253. The van der Waals surface area contributed by atoms with E-state index >= 15 is 0 Å². The molecule has 24 heavy (non-hydrogen) atoms. The van der Waals surface area contributed by atoms with Crippen molar-refractivity contribution < 1.29 is 18.7 Å². The highest BCUT2D eigenvalue weighted by Gasteiger charge is 2.11. The molecule has 0 spiro atoms. The monoisotopic (exact) mass is 331 g/mol. The van der Waals surface area contributed by atoms with Crippen LogP contribution in [0.15, 0.2) is 42.7 Å². The van der Waals surface area contributed by atoms with E-state index in [0.717, 1.165) is 5.56 Å². The highest BCUT2D eigenvalue weighted by Crippen LogP contribution is 2.05. The number of hydrogen-bond donors (Lipinski definition) is 2. The number of nitrogens with one attached hydrogen (secondary N) is 2. The van der Waals surface area contributed by atoms with E-state index in [0.29, 0.717) is 18.7 Å². The van der Waals surface area contributed by atoms with E-state index in [1.165, 1.54) is 30.6 Å². The lowest BCUT2D eigenvalue weighted by Crippen LogP contribution is -2.28. The number of rotatable bonds is 7. The van der Waals surface area contributed by atoms with Crippen molar-refractivity contribution in [1.29, 1.82) is 0 Å². The summed E-state index contributed by atoms with van der Waals surface area (Å²) in [4.78, 5) is 28.0. The molecule has 0 fully saturated rings. The first kappa shape index (κ1) is 17.6. The second kappa shape index (κ2) is 8.73. The van der Waals surface area contributed by atoms with E-state index in [1.54, 1.807) is 19.2 Å². The largest absolute Gasteiger partial charge is 0.383 e. The van der Waals surface area contributed by atoms with E-state index < -0.39 is 0 Å². The van der Waals surface area contributed by atoms with Gasteiger partial charge in [-0.25, -0.2) is 4.39 Å². The van der Waals surface area contributed by atoms with E-state index in [-0.39, 0.29) is 29.7 Å². The second-order valence-electron chi connectivity index (χ2n) is 5.02. The Morgan fingerprint density at radius 3 is 2.33 bits per heavy atom. The van der Waals surface area contributed by atoms with Crippen molar-refractivity contribution in [3.63, 3.8) is 0 Å². The van der Waals surface area contributed by atoms with Gasteiger partial charge in [-0.3, -0.25) is 14.6 Å². The zero-order chi connectivity index (χ0) is 17.4. The smallest absolute Gasteiger partial charge is 0.253 e. The van der Waals surface area contributed by atoms with Crippen molar-refractivity contribution in [2.24, 2.45) is 0 Å². The quantitative estimate of drug-likeness (QED) is 0.754. The molecule has 0 aliphatic rings. The minimum Gasteiger partial charge on any atom is -0.383 e. The molecule has 2 amide bonds. The number of amides is 2. The molecule has 0 atom stereocenters. The number of benzene rings is 1. The van der Waals surface area contributed by atoms with Crippen molar-refractivity contribution in [2.45, 2.75) is 6.54 Å². The zero-order valence-electron chi connectivity index (χ0n) is 13.2. The van der Waals surface area contributed by atoms with Crippen LogP contribution in [-0.2, 0) is 11.3 Å². The van der Waals surface area contributed by atoms with Crippen LogP contribution < -0.4 is 10.6 Å². The lowest BCUT2D eigenvalue weighted by Gasteiger charge is -2.07. The van der Waals surface area contributed by atoms with Gasteiger partial charge in [0.05, 0.1) is 17.7 Å². The molecule has 1 heterocycles. The number of aromatic nitrogens is 1. The molecule has 0 radical (unpaired) electrons. The summed E-state index contributed by atoms with van der Waals surface area (Å²) in [7, 11) is 1.54. The van der Waals surface area contributed by atoms with Crippen LogP contribution in [0, 0.1) is 5.82 Å². The summed E-state index contributed by atoms with van der Waals surface area (Å²) in [6.45, 7) is 1.02. The van der Waals surface area contributed by atoms with Crippen molar-refractivity contribution in [2.75, 3.05) is 20.3 Å². The molecular weight excluding hydrogens is 313 g/mol. The molecule has 0 aliphatic heterocycles. The van der Waals surface area contributed by atoms with Gasteiger partial charge in [-0.15, -0.1) is 0 Å². The first-order valence-electron chi connectivity index (χ1n) is 7.35. The second-order valence-corrected chi connectivity index (χ2v) is 5.02. The van der Waals surface area contributed by atoms with E-state index in [4.69, 9.17) is 4.74 Å². The van der Waals surface area contributed by atoms with Crippen LogP contribution in [0.25, 0.3) is 0 Å². The van der Waals surface area contributed by atoms with Crippen LogP contribution in [0.2, 0.25) is 0 Å². The first-order valence-corrected chi connectivity index (χ1v) is 7.35. The lowest BCUT2D eigenvalue weighted by atomic mass is 10.1. The lowest BCUT2D eigenvalue weighted by molar-refractivity contribution is 0.0936. The Balaban J connectivity index is 1.95. The maximum atomic E-state index is 12.8. The molecule has 1 aromatic carbocycles. The van der Waals surface area contributed by atoms with Gasteiger partial charge in [0.2, 0.25) is 0 Å². The van der Waals surface area contributed by atoms with Gasteiger partial charge in [-0.2, -0.15) is 0 Å². The molecule has 2 rings (SSSR count). The topological polar surface area (TPSA) is 80.3 Å². The highest BCUT2D eigenvalue weighted by molar-refractivity contribution is 5.99. The number of carbonyl (C=O) groups excluding carboxylic acids is 2. The van der Waals surface area contributed by atoms with Crippen LogP contribution in [0.3, 0.4) is 0 Å². The van der Waals surface area contributed by atoms with Crippen LogP contribution in [0.4, 0.5) is 4.39 Å². The predicted molar refractivity (Wildman–Crippen MR) is 86.0 cm³/mol. The summed E-state index contributed by atoms with van der Waals surface area (Å²) in [5.41, 5.74) is 1.34. The Hall–Kier alpha value is -2.80. The molecule has 126 valence electrons. The Labute approximate surface area is 139 Å².